The molecule has 13 rings (SSSR count). The van der Waals surface area contributed by atoms with Crippen molar-refractivity contribution >= 4 is 95.5 Å². The lowest BCUT2D eigenvalue weighted by Gasteiger charge is -2.35. The summed E-state index contributed by atoms with van der Waals surface area (Å²) < 4.78 is 7.35. The normalized spacial score (nSPS) is 12.0. The van der Waals surface area contributed by atoms with E-state index in [0.717, 1.165) is 33.8 Å². The molecule has 0 spiro atoms. The summed E-state index contributed by atoms with van der Waals surface area (Å²) >= 11 is 0. The van der Waals surface area contributed by atoms with Crippen molar-refractivity contribution in [2.75, 3.05) is 0 Å². The average Bonchev–Trinajstić information content (AvgIpc) is 4.08. The molecule has 0 radical (unpaired) electrons. The number of fused-ring (bicyclic) bond motifs is 8. The van der Waals surface area contributed by atoms with Crippen LogP contribution in [0, 0.1) is 0 Å². The van der Waals surface area contributed by atoms with E-state index in [9.17, 15) is 0 Å². The number of nitrogens with zero attached hydrogens (tertiary/aromatic N) is 3. The van der Waals surface area contributed by atoms with Crippen LogP contribution < -0.4 is 20.7 Å². The van der Waals surface area contributed by atoms with Crippen molar-refractivity contribution in [1.29, 1.82) is 0 Å². The van der Waals surface area contributed by atoms with Crippen molar-refractivity contribution in [1.82, 2.24) is 13.7 Å². The fourth-order valence-electron chi connectivity index (χ4n) is 11.7. The van der Waals surface area contributed by atoms with Crippen LogP contribution in [-0.2, 0) is 0 Å². The number of hydrogen-bond donors (Lipinski definition) is 0. The van der Waals surface area contributed by atoms with Gasteiger partial charge < -0.3 is 13.7 Å². The van der Waals surface area contributed by atoms with Gasteiger partial charge in [0.15, 0.2) is 8.07 Å². The molecular formula is C67H49N3Si. The molecule has 13 aromatic rings. The minimum atomic E-state index is -3.00. The number of allylic oxidation sites excluding steroid dienone is 1. The number of hydrogen-bond acceptors (Lipinski definition) is 0. The van der Waals surface area contributed by atoms with Gasteiger partial charge in [-0.2, -0.15) is 0 Å². The maximum Gasteiger partial charge on any atom is 0.179 e. The predicted octanol–water partition coefficient (Wildman–Crippen LogP) is 14.5. The zero-order valence-electron chi connectivity index (χ0n) is 39.5. The third-order valence-corrected chi connectivity index (χ3v) is 19.4. The van der Waals surface area contributed by atoms with Crippen LogP contribution in [0.25, 0.3) is 94.9 Å². The Kier molecular flexibility index (Phi) is 10.2. The van der Waals surface area contributed by atoms with Gasteiger partial charge in [0.05, 0.1) is 33.3 Å². The second kappa shape index (κ2) is 17.2. The minimum Gasteiger partial charge on any atom is -0.309 e. The van der Waals surface area contributed by atoms with Gasteiger partial charge in [0, 0.05) is 49.6 Å². The molecule has 0 aliphatic heterocycles. The molecule has 0 saturated carbocycles. The number of aromatic nitrogens is 3. The first-order valence-corrected chi connectivity index (χ1v) is 26.5. The van der Waals surface area contributed by atoms with E-state index in [-0.39, 0.29) is 0 Å². The SMILES string of the molecule is C=Cc1c(/C=C\C)n(-c2ccccc2)c2ccc(-c3ccc([Si](c4ccccc4)(c4ccccc4)c4cccc(-n5c6ccccc6c6ccc7c8ccccc8n(-c8ccccc8)c7c65)c4)cc3)cc12. The quantitative estimate of drug-likeness (QED) is 0.0959. The van der Waals surface area contributed by atoms with E-state index in [1.807, 2.05) is 6.08 Å². The number of rotatable bonds is 10. The second-order valence-electron chi connectivity index (χ2n) is 18.4. The zero-order valence-corrected chi connectivity index (χ0v) is 40.5. The molecule has 0 bridgehead atoms. The largest absolute Gasteiger partial charge is 0.309 e. The molecule has 0 unspecified atom stereocenters. The van der Waals surface area contributed by atoms with Gasteiger partial charge in [0.1, 0.15) is 0 Å². The lowest BCUT2D eigenvalue weighted by molar-refractivity contribution is 1.10. The molecule has 0 saturated heterocycles. The van der Waals surface area contributed by atoms with Crippen molar-refractivity contribution in [3.63, 3.8) is 0 Å². The van der Waals surface area contributed by atoms with Gasteiger partial charge in [-0.1, -0.05) is 207 Å². The van der Waals surface area contributed by atoms with E-state index in [0.29, 0.717) is 0 Å². The Labute approximate surface area is 414 Å². The molecule has 3 heterocycles. The summed E-state index contributed by atoms with van der Waals surface area (Å²) in [5.41, 5.74) is 13.9. The first-order valence-electron chi connectivity index (χ1n) is 24.5. The third kappa shape index (κ3) is 6.56. The van der Waals surface area contributed by atoms with Crippen LogP contribution in [0.3, 0.4) is 0 Å². The summed E-state index contributed by atoms with van der Waals surface area (Å²) in [6, 6.07) is 92.3. The molecule has 0 fully saturated rings. The zero-order chi connectivity index (χ0) is 47.5. The molecule has 3 aromatic heterocycles. The molecule has 0 aliphatic carbocycles. The van der Waals surface area contributed by atoms with E-state index in [1.165, 1.54) is 80.9 Å². The van der Waals surface area contributed by atoms with Crippen LogP contribution in [0.15, 0.2) is 261 Å². The van der Waals surface area contributed by atoms with Gasteiger partial charge in [-0.3, -0.25) is 0 Å². The van der Waals surface area contributed by atoms with Crippen LogP contribution in [0.5, 0.6) is 0 Å². The fraction of sp³-hybridized carbons (Fsp3) is 0.0149. The molecule has 10 aromatic carbocycles. The summed E-state index contributed by atoms with van der Waals surface area (Å²) in [6.45, 7) is 6.38. The van der Waals surface area contributed by atoms with Gasteiger partial charge in [0.25, 0.3) is 0 Å². The Morgan fingerprint density at radius 2 is 0.803 bits per heavy atom. The van der Waals surface area contributed by atoms with E-state index in [4.69, 9.17) is 0 Å². The maximum atomic E-state index is 4.30. The average molecular weight is 924 g/mol. The van der Waals surface area contributed by atoms with E-state index in [2.05, 4.69) is 288 Å². The number of benzene rings is 10. The van der Waals surface area contributed by atoms with Crippen LogP contribution in [0.1, 0.15) is 18.2 Å². The molecule has 4 heteroatoms. The molecular weight excluding hydrogens is 875 g/mol. The fourth-order valence-corrected chi connectivity index (χ4v) is 16.5. The van der Waals surface area contributed by atoms with Crippen molar-refractivity contribution < 1.29 is 0 Å². The monoisotopic (exact) mass is 923 g/mol. The highest BCUT2D eigenvalue weighted by atomic mass is 28.3. The molecule has 336 valence electrons. The van der Waals surface area contributed by atoms with Crippen molar-refractivity contribution in [2.45, 2.75) is 6.92 Å². The van der Waals surface area contributed by atoms with Gasteiger partial charge in [-0.15, -0.1) is 0 Å². The van der Waals surface area contributed by atoms with Crippen LogP contribution in [0.4, 0.5) is 0 Å². The van der Waals surface area contributed by atoms with E-state index in [1.54, 1.807) is 0 Å². The highest BCUT2D eigenvalue weighted by Crippen LogP contribution is 2.42. The molecule has 3 nitrogen and oxygen atoms in total. The van der Waals surface area contributed by atoms with Gasteiger partial charge in [-0.05, 0) is 106 Å². The maximum absolute atomic E-state index is 4.30. The predicted molar refractivity (Wildman–Crippen MR) is 306 cm³/mol. The van der Waals surface area contributed by atoms with Crippen molar-refractivity contribution in [2.24, 2.45) is 0 Å². The summed E-state index contributed by atoms with van der Waals surface area (Å²) in [6.07, 6.45) is 6.30. The van der Waals surface area contributed by atoms with Crippen LogP contribution >= 0.6 is 0 Å². The first kappa shape index (κ1) is 42.2. The van der Waals surface area contributed by atoms with Gasteiger partial charge >= 0.3 is 0 Å². The van der Waals surface area contributed by atoms with Crippen LogP contribution in [-0.4, -0.2) is 21.8 Å². The Balaban J connectivity index is 1.04. The smallest absolute Gasteiger partial charge is 0.179 e. The third-order valence-electron chi connectivity index (χ3n) is 14.7. The Hall–Kier alpha value is -8.96. The Morgan fingerprint density at radius 3 is 1.37 bits per heavy atom. The van der Waals surface area contributed by atoms with Crippen molar-refractivity contribution in [3.8, 4) is 28.2 Å². The molecule has 0 N–H and O–H groups in total. The highest BCUT2D eigenvalue weighted by molar-refractivity contribution is 7.19. The Morgan fingerprint density at radius 1 is 0.352 bits per heavy atom. The lowest BCUT2D eigenvalue weighted by atomic mass is 10.0. The minimum absolute atomic E-state index is 1.13. The summed E-state index contributed by atoms with van der Waals surface area (Å²) in [5.74, 6) is 0. The van der Waals surface area contributed by atoms with Crippen LogP contribution in [0.2, 0.25) is 0 Å². The molecule has 0 aliphatic rings. The Bertz CT molecular complexity index is 4120. The second-order valence-corrected chi connectivity index (χ2v) is 22.2. The first-order chi connectivity index (χ1) is 35.2. The summed E-state index contributed by atoms with van der Waals surface area (Å²) in [7, 11) is -3.00. The summed E-state index contributed by atoms with van der Waals surface area (Å²) in [4.78, 5) is 0. The standard InChI is InChI=1S/C67H49N3Si/c1-3-22-62-56(4-2)61-45-48(39-44-65(61)68(62)49-23-9-5-10-24-49)47-37-40-54(41-38-47)71(52-28-13-7-14-29-52,53-30-15-8-16-31-53)55-32-21-27-51(46-55)70-64-36-20-18-34-58(64)60-43-42-59-57-33-17-19-35-63(57)69(66(59)67(60)70)50-25-11-6-12-26-50/h3-46H,2H2,1H3/b22-3-. The highest BCUT2D eigenvalue weighted by Gasteiger charge is 2.41. The molecule has 0 amide bonds. The van der Waals surface area contributed by atoms with E-state index >= 15 is 0 Å². The molecule has 71 heavy (non-hydrogen) atoms. The number of para-hydroxylation sites is 4. The summed E-state index contributed by atoms with van der Waals surface area (Å²) in [5, 5.41) is 11.4. The molecule has 0 atom stereocenters. The van der Waals surface area contributed by atoms with Crippen molar-refractivity contribution in [3.05, 3.63) is 273 Å². The van der Waals surface area contributed by atoms with Gasteiger partial charge in [0.2, 0.25) is 0 Å². The van der Waals surface area contributed by atoms with Gasteiger partial charge in [-0.25, -0.2) is 0 Å². The topological polar surface area (TPSA) is 14.8 Å². The van der Waals surface area contributed by atoms with E-state index < -0.39 is 8.07 Å². The lowest BCUT2D eigenvalue weighted by Crippen LogP contribution is -2.74.